The summed E-state index contributed by atoms with van der Waals surface area (Å²) in [4.78, 5) is 0. The molecule has 1 aliphatic carbocycles. The first-order valence-electron chi connectivity index (χ1n) is 6.67. The maximum atomic E-state index is 13.5. The van der Waals surface area contributed by atoms with E-state index in [1.165, 1.54) is 23.3 Å². The summed E-state index contributed by atoms with van der Waals surface area (Å²) in [6, 6.07) is 12.6. The van der Waals surface area contributed by atoms with Crippen LogP contribution in [0.4, 0.5) is 4.39 Å². The van der Waals surface area contributed by atoms with Crippen LogP contribution in [0.5, 0.6) is 0 Å². The first kappa shape index (κ1) is 13.6. The molecular formula is C16H16ClFN2. The summed E-state index contributed by atoms with van der Waals surface area (Å²) < 4.78 is 13.5. The van der Waals surface area contributed by atoms with Crippen LogP contribution in [0.2, 0.25) is 5.02 Å². The van der Waals surface area contributed by atoms with Gasteiger partial charge in [-0.2, -0.15) is 0 Å². The number of hydrogen-bond donors (Lipinski definition) is 2. The van der Waals surface area contributed by atoms with E-state index < -0.39 is 0 Å². The second kappa shape index (κ2) is 5.52. The van der Waals surface area contributed by atoms with Gasteiger partial charge >= 0.3 is 0 Å². The lowest BCUT2D eigenvalue weighted by Crippen LogP contribution is -2.34. The standard InChI is InChI=1S/C16H16ClFN2/c17-15-6-5-13(18)9-14(15)16(20-19)12-7-10-3-1-2-4-11(10)8-12/h1-6,9,12,16,20H,7-8,19H2. The highest BCUT2D eigenvalue weighted by molar-refractivity contribution is 6.31. The zero-order valence-corrected chi connectivity index (χ0v) is 11.7. The number of fused-ring (bicyclic) bond motifs is 1. The smallest absolute Gasteiger partial charge is 0.123 e. The van der Waals surface area contributed by atoms with Crippen molar-refractivity contribution in [3.05, 3.63) is 70.0 Å². The Balaban J connectivity index is 1.91. The molecule has 0 aliphatic heterocycles. The Bertz CT molecular complexity index is 605. The van der Waals surface area contributed by atoms with Crippen LogP contribution in [-0.4, -0.2) is 0 Å². The molecule has 2 nitrogen and oxygen atoms in total. The molecule has 0 saturated heterocycles. The molecule has 0 fully saturated rings. The predicted octanol–water partition coefficient (Wildman–Crippen LogP) is 3.40. The Kier molecular flexibility index (Phi) is 3.74. The van der Waals surface area contributed by atoms with Crippen molar-refractivity contribution in [2.24, 2.45) is 11.8 Å². The quantitative estimate of drug-likeness (QED) is 0.672. The first-order chi connectivity index (χ1) is 9.69. The lowest BCUT2D eigenvalue weighted by atomic mass is 9.91. The lowest BCUT2D eigenvalue weighted by Gasteiger charge is -2.24. The highest BCUT2D eigenvalue weighted by atomic mass is 35.5. The Morgan fingerprint density at radius 2 is 1.80 bits per heavy atom. The molecule has 0 spiro atoms. The van der Waals surface area contributed by atoms with Crippen molar-refractivity contribution in [1.29, 1.82) is 0 Å². The molecule has 1 atom stereocenters. The van der Waals surface area contributed by atoms with Crippen LogP contribution < -0.4 is 11.3 Å². The Morgan fingerprint density at radius 1 is 1.15 bits per heavy atom. The lowest BCUT2D eigenvalue weighted by molar-refractivity contribution is 0.378. The fourth-order valence-electron chi connectivity index (χ4n) is 3.06. The molecule has 1 aliphatic rings. The molecule has 104 valence electrons. The van der Waals surface area contributed by atoms with E-state index in [0.29, 0.717) is 5.02 Å². The zero-order valence-electron chi connectivity index (χ0n) is 10.9. The van der Waals surface area contributed by atoms with Crippen molar-refractivity contribution in [2.45, 2.75) is 18.9 Å². The average molecular weight is 291 g/mol. The molecule has 2 aromatic rings. The van der Waals surface area contributed by atoms with E-state index in [0.717, 1.165) is 18.4 Å². The summed E-state index contributed by atoms with van der Waals surface area (Å²) in [6.45, 7) is 0. The number of nitrogens with one attached hydrogen (secondary N) is 1. The fraction of sp³-hybridized carbons (Fsp3) is 0.250. The summed E-state index contributed by atoms with van der Waals surface area (Å²) in [5.41, 5.74) is 6.22. The molecule has 0 aromatic heterocycles. The molecule has 2 aromatic carbocycles. The Labute approximate surface area is 122 Å². The van der Waals surface area contributed by atoms with Gasteiger partial charge in [0.2, 0.25) is 0 Å². The van der Waals surface area contributed by atoms with E-state index in [2.05, 4.69) is 17.6 Å². The van der Waals surface area contributed by atoms with Crippen molar-refractivity contribution in [3.8, 4) is 0 Å². The number of halogens is 2. The summed E-state index contributed by atoms with van der Waals surface area (Å²) in [7, 11) is 0. The Morgan fingerprint density at radius 3 is 2.40 bits per heavy atom. The summed E-state index contributed by atoms with van der Waals surface area (Å²) in [6.07, 6.45) is 1.86. The minimum Gasteiger partial charge on any atom is -0.271 e. The van der Waals surface area contributed by atoms with Crippen LogP contribution >= 0.6 is 11.6 Å². The van der Waals surface area contributed by atoms with Gasteiger partial charge in [-0.15, -0.1) is 0 Å². The van der Waals surface area contributed by atoms with Crippen LogP contribution in [-0.2, 0) is 12.8 Å². The van der Waals surface area contributed by atoms with Gasteiger partial charge in [-0.3, -0.25) is 11.3 Å². The van der Waals surface area contributed by atoms with Crippen LogP contribution in [0.15, 0.2) is 42.5 Å². The van der Waals surface area contributed by atoms with Crippen molar-refractivity contribution >= 4 is 11.6 Å². The molecule has 1 unspecified atom stereocenters. The summed E-state index contributed by atoms with van der Waals surface area (Å²) in [5, 5.41) is 0.547. The third kappa shape index (κ3) is 2.44. The fourth-order valence-corrected chi connectivity index (χ4v) is 3.30. The van der Waals surface area contributed by atoms with Crippen molar-refractivity contribution < 1.29 is 4.39 Å². The summed E-state index contributed by atoms with van der Waals surface area (Å²) in [5.74, 6) is 5.70. The molecule has 0 saturated carbocycles. The number of rotatable bonds is 3. The average Bonchev–Trinajstić information content (AvgIpc) is 2.87. The largest absolute Gasteiger partial charge is 0.271 e. The van der Waals surface area contributed by atoms with E-state index in [1.807, 2.05) is 12.1 Å². The monoisotopic (exact) mass is 290 g/mol. The van der Waals surface area contributed by atoms with Gasteiger partial charge in [0.1, 0.15) is 5.82 Å². The molecule has 3 rings (SSSR count). The Hall–Kier alpha value is -1.42. The molecule has 4 heteroatoms. The van der Waals surface area contributed by atoms with Gasteiger partial charge in [-0.05, 0) is 53.6 Å². The van der Waals surface area contributed by atoms with Crippen molar-refractivity contribution in [1.82, 2.24) is 5.43 Å². The van der Waals surface area contributed by atoms with Crippen LogP contribution in [0.1, 0.15) is 22.7 Å². The van der Waals surface area contributed by atoms with E-state index in [1.54, 1.807) is 6.07 Å². The van der Waals surface area contributed by atoms with Crippen molar-refractivity contribution in [3.63, 3.8) is 0 Å². The van der Waals surface area contributed by atoms with E-state index in [-0.39, 0.29) is 17.8 Å². The zero-order chi connectivity index (χ0) is 14.1. The minimum atomic E-state index is -0.292. The molecule has 0 bridgehead atoms. The van der Waals surface area contributed by atoms with E-state index in [9.17, 15) is 4.39 Å². The number of benzene rings is 2. The van der Waals surface area contributed by atoms with Gasteiger partial charge < -0.3 is 0 Å². The first-order valence-corrected chi connectivity index (χ1v) is 7.04. The SMILES string of the molecule is NNC(c1cc(F)ccc1Cl)C1Cc2ccccc2C1. The van der Waals surface area contributed by atoms with Gasteiger partial charge in [0.25, 0.3) is 0 Å². The molecular weight excluding hydrogens is 275 g/mol. The maximum absolute atomic E-state index is 13.5. The third-order valence-corrected chi connectivity index (χ3v) is 4.37. The third-order valence-electron chi connectivity index (χ3n) is 4.03. The molecule has 20 heavy (non-hydrogen) atoms. The summed E-state index contributed by atoms with van der Waals surface area (Å²) >= 11 is 6.20. The highest BCUT2D eigenvalue weighted by Crippen LogP contribution is 2.37. The van der Waals surface area contributed by atoms with Crippen LogP contribution in [0, 0.1) is 11.7 Å². The van der Waals surface area contributed by atoms with E-state index in [4.69, 9.17) is 17.4 Å². The van der Waals surface area contributed by atoms with Gasteiger partial charge in [0, 0.05) is 5.02 Å². The van der Waals surface area contributed by atoms with Crippen LogP contribution in [0.25, 0.3) is 0 Å². The molecule has 0 radical (unpaired) electrons. The topological polar surface area (TPSA) is 38.0 Å². The molecule has 0 heterocycles. The normalized spacial score (nSPS) is 16.1. The number of nitrogens with two attached hydrogens (primary N) is 1. The highest BCUT2D eigenvalue weighted by Gasteiger charge is 2.30. The van der Waals surface area contributed by atoms with Crippen molar-refractivity contribution in [2.75, 3.05) is 0 Å². The maximum Gasteiger partial charge on any atom is 0.123 e. The number of hydrazine groups is 1. The predicted molar refractivity (Wildman–Crippen MR) is 78.8 cm³/mol. The molecule has 3 N–H and O–H groups in total. The van der Waals surface area contributed by atoms with Gasteiger partial charge in [0.15, 0.2) is 0 Å². The van der Waals surface area contributed by atoms with E-state index >= 15 is 0 Å². The molecule has 0 amide bonds. The second-order valence-electron chi connectivity index (χ2n) is 5.25. The minimum absolute atomic E-state index is 0.148. The van der Waals surface area contributed by atoms with Gasteiger partial charge in [-0.25, -0.2) is 4.39 Å². The van der Waals surface area contributed by atoms with Gasteiger partial charge in [0.05, 0.1) is 6.04 Å². The van der Waals surface area contributed by atoms with Crippen LogP contribution in [0.3, 0.4) is 0 Å². The second-order valence-corrected chi connectivity index (χ2v) is 5.65. The number of hydrogen-bond acceptors (Lipinski definition) is 2. The van der Waals surface area contributed by atoms with Gasteiger partial charge in [-0.1, -0.05) is 35.9 Å².